The van der Waals surface area contributed by atoms with E-state index in [1.54, 1.807) is 6.07 Å². The van der Waals surface area contributed by atoms with Crippen molar-refractivity contribution in [2.24, 2.45) is 0 Å². The second-order valence-corrected chi connectivity index (χ2v) is 4.35. The van der Waals surface area contributed by atoms with E-state index in [1.165, 1.54) is 0 Å². The van der Waals surface area contributed by atoms with Crippen LogP contribution < -0.4 is 10.9 Å². The first kappa shape index (κ1) is 11.4. The van der Waals surface area contributed by atoms with Gasteiger partial charge in [-0.15, -0.1) is 0 Å². The summed E-state index contributed by atoms with van der Waals surface area (Å²) in [4.78, 5) is 11.1. The van der Waals surface area contributed by atoms with E-state index in [1.807, 2.05) is 25.1 Å². The van der Waals surface area contributed by atoms with Gasteiger partial charge in [-0.1, -0.05) is 29.8 Å². The minimum atomic E-state index is -0.873. The quantitative estimate of drug-likeness (QED) is 0.731. The molecule has 5 heteroatoms. The van der Waals surface area contributed by atoms with Crippen LogP contribution in [-0.2, 0) is 4.79 Å². The third kappa shape index (κ3) is 1.91. The molecular formula is C11H13ClN2O2. The van der Waals surface area contributed by atoms with Crippen molar-refractivity contribution in [3.63, 3.8) is 0 Å². The lowest BCUT2D eigenvalue weighted by Gasteiger charge is -2.19. The van der Waals surface area contributed by atoms with E-state index in [0.717, 1.165) is 5.56 Å². The van der Waals surface area contributed by atoms with Crippen molar-refractivity contribution in [2.45, 2.75) is 24.9 Å². The SMILES string of the molecule is CC1NNC(C(=O)O)C1c1ccccc1Cl. The zero-order valence-electron chi connectivity index (χ0n) is 8.77. The molecule has 1 saturated heterocycles. The van der Waals surface area contributed by atoms with Crippen molar-refractivity contribution in [1.82, 2.24) is 10.9 Å². The first-order chi connectivity index (χ1) is 7.61. The van der Waals surface area contributed by atoms with Crippen molar-refractivity contribution in [2.75, 3.05) is 0 Å². The van der Waals surface area contributed by atoms with Gasteiger partial charge in [-0.05, 0) is 18.6 Å². The van der Waals surface area contributed by atoms with Crippen molar-refractivity contribution in [1.29, 1.82) is 0 Å². The van der Waals surface area contributed by atoms with Gasteiger partial charge in [0.2, 0.25) is 0 Å². The Kier molecular flexibility index (Phi) is 3.14. The topological polar surface area (TPSA) is 61.4 Å². The minimum absolute atomic E-state index is 0.0287. The van der Waals surface area contributed by atoms with Crippen LogP contribution in [0.1, 0.15) is 18.4 Å². The molecule has 1 aromatic rings. The summed E-state index contributed by atoms with van der Waals surface area (Å²) in [6.07, 6.45) is 0. The molecule has 0 radical (unpaired) electrons. The smallest absolute Gasteiger partial charge is 0.322 e. The molecule has 1 aliphatic heterocycles. The van der Waals surface area contributed by atoms with Crippen LogP contribution in [0.4, 0.5) is 0 Å². The lowest BCUT2D eigenvalue weighted by molar-refractivity contribution is -0.139. The Bertz CT molecular complexity index is 411. The molecule has 1 fully saturated rings. The van der Waals surface area contributed by atoms with Gasteiger partial charge in [-0.2, -0.15) is 0 Å². The third-order valence-electron chi connectivity index (χ3n) is 2.89. The number of halogens is 1. The van der Waals surface area contributed by atoms with Crippen LogP contribution in [0.15, 0.2) is 24.3 Å². The van der Waals surface area contributed by atoms with Crippen LogP contribution in [0, 0.1) is 0 Å². The highest BCUT2D eigenvalue weighted by atomic mass is 35.5. The highest BCUT2D eigenvalue weighted by Gasteiger charge is 2.39. The molecule has 0 bridgehead atoms. The Balaban J connectivity index is 2.37. The Morgan fingerprint density at radius 3 is 2.69 bits per heavy atom. The summed E-state index contributed by atoms with van der Waals surface area (Å²) in [6, 6.07) is 6.73. The highest BCUT2D eigenvalue weighted by molar-refractivity contribution is 6.31. The fraction of sp³-hybridized carbons (Fsp3) is 0.364. The summed E-state index contributed by atoms with van der Waals surface area (Å²) in [7, 11) is 0. The van der Waals surface area contributed by atoms with E-state index >= 15 is 0 Å². The molecule has 0 aliphatic carbocycles. The van der Waals surface area contributed by atoms with Gasteiger partial charge >= 0.3 is 5.97 Å². The average Bonchev–Trinajstić information content (AvgIpc) is 2.61. The molecule has 3 N–H and O–H groups in total. The zero-order chi connectivity index (χ0) is 11.7. The molecule has 1 aliphatic rings. The van der Waals surface area contributed by atoms with E-state index in [9.17, 15) is 4.79 Å². The van der Waals surface area contributed by atoms with Gasteiger partial charge in [0, 0.05) is 17.0 Å². The number of rotatable bonds is 2. The van der Waals surface area contributed by atoms with Crippen LogP contribution in [-0.4, -0.2) is 23.2 Å². The van der Waals surface area contributed by atoms with Gasteiger partial charge in [-0.3, -0.25) is 10.2 Å². The molecule has 16 heavy (non-hydrogen) atoms. The largest absolute Gasteiger partial charge is 0.480 e. The molecule has 0 aromatic heterocycles. The molecule has 86 valence electrons. The van der Waals surface area contributed by atoms with E-state index in [0.29, 0.717) is 5.02 Å². The Morgan fingerprint density at radius 2 is 2.06 bits per heavy atom. The van der Waals surface area contributed by atoms with Crippen molar-refractivity contribution < 1.29 is 9.90 Å². The number of benzene rings is 1. The Morgan fingerprint density at radius 1 is 1.38 bits per heavy atom. The Labute approximate surface area is 98.6 Å². The third-order valence-corrected chi connectivity index (χ3v) is 3.24. The average molecular weight is 241 g/mol. The van der Waals surface area contributed by atoms with Gasteiger partial charge in [0.15, 0.2) is 0 Å². The molecule has 0 amide bonds. The van der Waals surface area contributed by atoms with E-state index in [-0.39, 0.29) is 12.0 Å². The van der Waals surface area contributed by atoms with Crippen LogP contribution in [0.3, 0.4) is 0 Å². The molecule has 3 unspecified atom stereocenters. The first-order valence-corrected chi connectivity index (χ1v) is 5.47. The van der Waals surface area contributed by atoms with Gasteiger partial charge in [0.1, 0.15) is 6.04 Å². The standard InChI is InChI=1S/C11H13ClN2O2/c1-6-9(10(11(15)16)14-13-6)7-4-2-3-5-8(7)12/h2-6,9-10,13-14H,1H3,(H,15,16). The Hall–Kier alpha value is -1.10. The van der Waals surface area contributed by atoms with Crippen LogP contribution in [0.5, 0.6) is 0 Å². The molecule has 3 atom stereocenters. The molecule has 1 heterocycles. The van der Waals surface area contributed by atoms with Gasteiger partial charge in [0.05, 0.1) is 0 Å². The number of carboxylic acid groups (broad SMARTS) is 1. The van der Waals surface area contributed by atoms with Gasteiger partial charge < -0.3 is 5.11 Å². The summed E-state index contributed by atoms with van der Waals surface area (Å²) < 4.78 is 0. The van der Waals surface area contributed by atoms with Crippen LogP contribution in [0.25, 0.3) is 0 Å². The van der Waals surface area contributed by atoms with E-state index < -0.39 is 12.0 Å². The number of nitrogens with one attached hydrogen (secondary N) is 2. The summed E-state index contributed by atoms with van der Waals surface area (Å²) in [5.41, 5.74) is 6.57. The monoisotopic (exact) mass is 240 g/mol. The molecule has 0 spiro atoms. The van der Waals surface area contributed by atoms with Crippen molar-refractivity contribution >= 4 is 17.6 Å². The van der Waals surface area contributed by atoms with Crippen molar-refractivity contribution in [3.05, 3.63) is 34.9 Å². The predicted molar refractivity (Wildman–Crippen MR) is 61.4 cm³/mol. The highest BCUT2D eigenvalue weighted by Crippen LogP contribution is 2.32. The second-order valence-electron chi connectivity index (χ2n) is 3.94. The fourth-order valence-electron chi connectivity index (χ4n) is 2.10. The molecule has 0 saturated carbocycles. The number of hydrogen-bond donors (Lipinski definition) is 3. The van der Waals surface area contributed by atoms with E-state index in [4.69, 9.17) is 16.7 Å². The number of aliphatic carboxylic acids is 1. The summed E-state index contributed by atoms with van der Waals surface area (Å²) >= 11 is 6.09. The maximum atomic E-state index is 11.1. The maximum absolute atomic E-state index is 11.1. The number of carbonyl (C=O) groups is 1. The molecule has 4 nitrogen and oxygen atoms in total. The predicted octanol–water partition coefficient (Wildman–Crippen LogP) is 1.37. The zero-order valence-corrected chi connectivity index (χ0v) is 9.53. The van der Waals surface area contributed by atoms with Gasteiger partial charge in [0.25, 0.3) is 0 Å². The summed E-state index contributed by atoms with van der Waals surface area (Å²) in [6.45, 7) is 1.93. The number of carboxylic acids is 1. The molecule has 2 rings (SSSR count). The van der Waals surface area contributed by atoms with Crippen LogP contribution in [0.2, 0.25) is 5.02 Å². The lowest BCUT2D eigenvalue weighted by Crippen LogP contribution is -2.38. The van der Waals surface area contributed by atoms with Gasteiger partial charge in [-0.25, -0.2) is 5.43 Å². The first-order valence-electron chi connectivity index (χ1n) is 5.09. The van der Waals surface area contributed by atoms with Crippen molar-refractivity contribution in [3.8, 4) is 0 Å². The lowest BCUT2D eigenvalue weighted by atomic mass is 9.88. The fourth-order valence-corrected chi connectivity index (χ4v) is 2.36. The number of hydrazine groups is 1. The summed E-state index contributed by atoms with van der Waals surface area (Å²) in [5, 5.41) is 9.72. The number of hydrogen-bond acceptors (Lipinski definition) is 3. The van der Waals surface area contributed by atoms with Crippen LogP contribution >= 0.6 is 11.6 Å². The normalized spacial score (nSPS) is 29.2. The second kappa shape index (κ2) is 4.41. The molecular weight excluding hydrogens is 228 g/mol. The van der Waals surface area contributed by atoms with E-state index in [2.05, 4.69) is 10.9 Å². The maximum Gasteiger partial charge on any atom is 0.322 e. The minimum Gasteiger partial charge on any atom is -0.480 e. The molecule has 1 aromatic carbocycles. The summed E-state index contributed by atoms with van der Waals surface area (Å²) in [5.74, 6) is -1.03.